The molecule has 2 saturated heterocycles. The summed E-state index contributed by atoms with van der Waals surface area (Å²) in [6.45, 7) is 2.45. The van der Waals surface area contributed by atoms with Crippen molar-refractivity contribution in [2.45, 2.75) is 36.7 Å². The second-order valence-electron chi connectivity index (χ2n) is 5.01. The highest BCUT2D eigenvalue weighted by atomic mass is 32.2. The van der Waals surface area contributed by atoms with Gasteiger partial charge in [-0.1, -0.05) is 6.92 Å². The molecule has 6 nitrogen and oxygen atoms in total. The highest BCUT2D eigenvalue weighted by molar-refractivity contribution is 7.87. The van der Waals surface area contributed by atoms with Gasteiger partial charge in [0.2, 0.25) is 0 Å². The van der Waals surface area contributed by atoms with Gasteiger partial charge in [0, 0.05) is 20.3 Å². The van der Waals surface area contributed by atoms with E-state index in [1.54, 1.807) is 0 Å². The van der Waals surface area contributed by atoms with Crippen LogP contribution in [0.4, 0.5) is 0 Å². The van der Waals surface area contributed by atoms with Gasteiger partial charge in [-0.25, -0.2) is 0 Å². The summed E-state index contributed by atoms with van der Waals surface area (Å²) in [4.78, 5) is 0. The number of fused-ring (bicyclic) bond motifs is 1. The third-order valence-electron chi connectivity index (χ3n) is 3.83. The molecule has 0 radical (unpaired) electrons. The molecule has 4 unspecified atom stereocenters. The molecule has 2 fully saturated rings. The van der Waals surface area contributed by atoms with Gasteiger partial charge < -0.3 is 14.6 Å². The molecule has 18 heavy (non-hydrogen) atoms. The zero-order valence-corrected chi connectivity index (χ0v) is 11.5. The minimum Gasteiger partial charge on any atom is -0.396 e. The van der Waals surface area contributed by atoms with Gasteiger partial charge in [-0.05, 0) is 18.8 Å². The second kappa shape index (κ2) is 5.05. The van der Waals surface area contributed by atoms with Crippen molar-refractivity contribution in [3.8, 4) is 0 Å². The molecule has 2 heterocycles. The number of aliphatic hydroxyl groups excluding tert-OH is 1. The lowest BCUT2D eigenvalue weighted by molar-refractivity contribution is -0.112. The molecule has 106 valence electrons. The Morgan fingerprint density at radius 3 is 2.89 bits per heavy atom. The zero-order chi connectivity index (χ0) is 13.4. The molecule has 0 aromatic carbocycles. The van der Waals surface area contributed by atoms with Crippen molar-refractivity contribution in [1.82, 2.24) is 0 Å². The van der Waals surface area contributed by atoms with E-state index in [0.29, 0.717) is 19.4 Å². The van der Waals surface area contributed by atoms with E-state index in [1.807, 2.05) is 6.92 Å². The van der Waals surface area contributed by atoms with Gasteiger partial charge in [-0.2, -0.15) is 8.42 Å². The molecule has 0 aromatic rings. The van der Waals surface area contributed by atoms with Crippen molar-refractivity contribution in [2.24, 2.45) is 5.92 Å². The van der Waals surface area contributed by atoms with Crippen LogP contribution in [0.25, 0.3) is 0 Å². The third-order valence-corrected chi connectivity index (χ3v) is 5.64. The molecule has 0 bridgehead atoms. The smallest absolute Gasteiger partial charge is 0.273 e. The number of rotatable bonds is 5. The standard InChI is InChI=1S/C11H20O6S/c1-8(3-5-12)10-11(7-15-2)9(4-6-16-11)18(13,14)17-10/h8-10,12H,3-7H2,1-2H3. The van der Waals surface area contributed by atoms with Gasteiger partial charge in [0.15, 0.2) is 0 Å². The zero-order valence-electron chi connectivity index (χ0n) is 10.7. The third kappa shape index (κ3) is 2.08. The molecule has 0 saturated carbocycles. The Morgan fingerprint density at radius 2 is 2.28 bits per heavy atom. The van der Waals surface area contributed by atoms with Crippen LogP contribution in [0.2, 0.25) is 0 Å². The topological polar surface area (TPSA) is 82.1 Å². The van der Waals surface area contributed by atoms with Crippen molar-refractivity contribution in [1.29, 1.82) is 0 Å². The lowest BCUT2D eigenvalue weighted by Crippen LogP contribution is -2.51. The van der Waals surface area contributed by atoms with Crippen molar-refractivity contribution in [3.05, 3.63) is 0 Å². The van der Waals surface area contributed by atoms with Crippen LogP contribution >= 0.6 is 0 Å². The van der Waals surface area contributed by atoms with Crippen LogP contribution in [0.1, 0.15) is 19.8 Å². The molecule has 0 spiro atoms. The van der Waals surface area contributed by atoms with Crippen molar-refractivity contribution < 1.29 is 27.2 Å². The molecule has 2 rings (SSSR count). The number of ether oxygens (including phenoxy) is 2. The monoisotopic (exact) mass is 280 g/mol. The second-order valence-corrected chi connectivity index (χ2v) is 6.76. The van der Waals surface area contributed by atoms with Crippen LogP contribution in [0.5, 0.6) is 0 Å². The normalized spacial score (nSPS) is 39.7. The van der Waals surface area contributed by atoms with E-state index >= 15 is 0 Å². The number of hydrogen-bond acceptors (Lipinski definition) is 6. The molecule has 7 heteroatoms. The summed E-state index contributed by atoms with van der Waals surface area (Å²) in [5, 5.41) is 8.35. The fourth-order valence-electron chi connectivity index (χ4n) is 3.01. The summed E-state index contributed by atoms with van der Waals surface area (Å²) in [6, 6.07) is 0. The number of aliphatic hydroxyl groups is 1. The molecule has 0 amide bonds. The fourth-order valence-corrected chi connectivity index (χ4v) is 4.93. The predicted molar refractivity (Wildman–Crippen MR) is 63.6 cm³/mol. The molecule has 2 aliphatic heterocycles. The summed E-state index contributed by atoms with van der Waals surface area (Å²) in [5.41, 5.74) is -0.915. The summed E-state index contributed by atoms with van der Waals surface area (Å²) < 4.78 is 40.1. The van der Waals surface area contributed by atoms with Crippen LogP contribution < -0.4 is 0 Å². The van der Waals surface area contributed by atoms with E-state index in [-0.39, 0.29) is 19.1 Å². The Bertz CT molecular complexity index is 394. The summed E-state index contributed by atoms with van der Waals surface area (Å²) in [7, 11) is -2.08. The molecular formula is C11H20O6S. The first-order valence-electron chi connectivity index (χ1n) is 6.14. The van der Waals surface area contributed by atoms with E-state index in [4.69, 9.17) is 18.8 Å². The summed E-state index contributed by atoms with van der Waals surface area (Å²) >= 11 is 0. The number of hydrogen-bond donors (Lipinski definition) is 1. The van der Waals surface area contributed by atoms with Crippen LogP contribution in [-0.4, -0.2) is 57.4 Å². The van der Waals surface area contributed by atoms with Crippen LogP contribution in [0, 0.1) is 5.92 Å². The van der Waals surface area contributed by atoms with Crippen LogP contribution in [-0.2, 0) is 23.8 Å². The quantitative estimate of drug-likeness (QED) is 0.709. The van der Waals surface area contributed by atoms with Gasteiger partial charge in [-0.3, -0.25) is 4.18 Å². The average molecular weight is 280 g/mol. The molecule has 2 aliphatic rings. The van der Waals surface area contributed by atoms with Gasteiger partial charge >= 0.3 is 0 Å². The SMILES string of the molecule is COCC12OCCC1S(=O)(=O)OC2C(C)CCO. The minimum absolute atomic E-state index is 0.00516. The van der Waals surface area contributed by atoms with Crippen LogP contribution in [0.3, 0.4) is 0 Å². The first-order valence-corrected chi connectivity index (χ1v) is 7.61. The Balaban J connectivity index is 2.33. The first kappa shape index (κ1) is 14.2. The van der Waals surface area contributed by atoms with Crippen LogP contribution in [0.15, 0.2) is 0 Å². The van der Waals surface area contributed by atoms with Gasteiger partial charge in [0.1, 0.15) is 17.0 Å². The lowest BCUT2D eigenvalue weighted by Gasteiger charge is -2.33. The first-order chi connectivity index (χ1) is 8.48. The maximum atomic E-state index is 12.0. The fraction of sp³-hybridized carbons (Fsp3) is 1.00. The minimum atomic E-state index is -3.60. The van der Waals surface area contributed by atoms with E-state index in [2.05, 4.69) is 0 Å². The van der Waals surface area contributed by atoms with E-state index in [1.165, 1.54) is 7.11 Å². The highest BCUT2D eigenvalue weighted by Gasteiger charge is 2.64. The highest BCUT2D eigenvalue weighted by Crippen LogP contribution is 2.46. The Kier molecular flexibility index (Phi) is 3.99. The lowest BCUT2D eigenvalue weighted by atomic mass is 9.84. The number of methoxy groups -OCH3 is 1. The molecular weight excluding hydrogens is 260 g/mol. The molecule has 0 aliphatic carbocycles. The van der Waals surface area contributed by atoms with Gasteiger partial charge in [0.25, 0.3) is 10.1 Å². The van der Waals surface area contributed by atoms with Gasteiger partial charge in [-0.15, -0.1) is 0 Å². The van der Waals surface area contributed by atoms with Crippen molar-refractivity contribution in [2.75, 3.05) is 26.9 Å². The Morgan fingerprint density at radius 1 is 1.56 bits per heavy atom. The van der Waals surface area contributed by atoms with E-state index in [9.17, 15) is 8.42 Å². The van der Waals surface area contributed by atoms with Crippen molar-refractivity contribution >= 4 is 10.1 Å². The maximum absolute atomic E-state index is 12.0. The maximum Gasteiger partial charge on any atom is 0.273 e. The average Bonchev–Trinajstić information content (AvgIpc) is 2.79. The Labute approximate surface area is 107 Å². The van der Waals surface area contributed by atoms with Crippen molar-refractivity contribution in [3.63, 3.8) is 0 Å². The largest absolute Gasteiger partial charge is 0.396 e. The molecule has 0 aromatic heterocycles. The summed E-state index contributed by atoms with van der Waals surface area (Å²) in [6.07, 6.45) is 0.331. The summed E-state index contributed by atoms with van der Waals surface area (Å²) in [5.74, 6) is -0.108. The molecule has 4 atom stereocenters. The predicted octanol–water partition coefficient (Wildman–Crippen LogP) is -0.0924. The Hall–Kier alpha value is -0.210. The van der Waals surface area contributed by atoms with E-state index in [0.717, 1.165) is 0 Å². The molecule has 1 N–H and O–H groups in total. The van der Waals surface area contributed by atoms with E-state index < -0.39 is 27.1 Å². The van der Waals surface area contributed by atoms with Gasteiger partial charge in [0.05, 0.1) is 6.61 Å².